The summed E-state index contributed by atoms with van der Waals surface area (Å²) in [5, 5.41) is 8.38. The second kappa shape index (κ2) is 6.74. The van der Waals surface area contributed by atoms with Crippen LogP contribution in [0.3, 0.4) is 0 Å². The minimum Gasteiger partial charge on any atom is -0.383 e. The number of methoxy groups -OCH3 is 1. The van der Waals surface area contributed by atoms with Crippen LogP contribution in [-0.2, 0) is 11.3 Å². The Morgan fingerprint density at radius 1 is 1.24 bits per heavy atom. The molecule has 0 saturated heterocycles. The Labute approximate surface area is 103 Å². The normalized spacial score (nSPS) is 18.9. The van der Waals surface area contributed by atoms with Gasteiger partial charge < -0.3 is 9.30 Å². The zero-order valence-electron chi connectivity index (χ0n) is 10.8. The summed E-state index contributed by atoms with van der Waals surface area (Å²) in [4.78, 5) is 0. The molecule has 0 aliphatic heterocycles. The molecule has 1 aliphatic carbocycles. The van der Waals surface area contributed by atoms with Crippen molar-refractivity contribution in [1.82, 2.24) is 14.8 Å². The quantitative estimate of drug-likeness (QED) is 0.808. The molecular weight excluding hydrogens is 214 g/mol. The van der Waals surface area contributed by atoms with Gasteiger partial charge in [0.2, 0.25) is 0 Å². The van der Waals surface area contributed by atoms with Gasteiger partial charge in [-0.05, 0) is 12.8 Å². The highest BCUT2D eigenvalue weighted by atomic mass is 16.5. The SMILES string of the molecule is COCCn1cnnc1C1CCCCCCC1. The average Bonchev–Trinajstić information content (AvgIpc) is 2.74. The molecule has 96 valence electrons. The summed E-state index contributed by atoms with van der Waals surface area (Å²) in [7, 11) is 1.74. The Morgan fingerprint density at radius 2 is 1.94 bits per heavy atom. The number of rotatable bonds is 4. The van der Waals surface area contributed by atoms with Gasteiger partial charge in [-0.2, -0.15) is 0 Å². The van der Waals surface area contributed by atoms with Gasteiger partial charge in [-0.15, -0.1) is 10.2 Å². The molecule has 0 aromatic carbocycles. The van der Waals surface area contributed by atoms with Crippen LogP contribution in [0.1, 0.15) is 56.7 Å². The molecule has 4 nitrogen and oxygen atoms in total. The van der Waals surface area contributed by atoms with Crippen LogP contribution in [0.5, 0.6) is 0 Å². The Hall–Kier alpha value is -0.900. The summed E-state index contributed by atoms with van der Waals surface area (Å²) in [6.45, 7) is 1.60. The van der Waals surface area contributed by atoms with E-state index < -0.39 is 0 Å². The molecule has 2 rings (SSSR count). The second-order valence-corrected chi connectivity index (χ2v) is 4.92. The topological polar surface area (TPSA) is 39.9 Å². The molecule has 1 heterocycles. The summed E-state index contributed by atoms with van der Waals surface area (Å²) < 4.78 is 7.29. The standard InChI is InChI=1S/C13H23N3O/c1-17-10-9-16-11-14-15-13(16)12-7-5-3-2-4-6-8-12/h11-12H,2-10H2,1H3. The number of hydrogen-bond acceptors (Lipinski definition) is 3. The molecule has 0 N–H and O–H groups in total. The largest absolute Gasteiger partial charge is 0.383 e. The molecule has 1 aliphatic rings. The lowest BCUT2D eigenvalue weighted by atomic mass is 9.90. The first-order chi connectivity index (χ1) is 8.42. The van der Waals surface area contributed by atoms with Gasteiger partial charge >= 0.3 is 0 Å². The van der Waals surface area contributed by atoms with Gasteiger partial charge in [-0.3, -0.25) is 0 Å². The summed E-state index contributed by atoms with van der Waals surface area (Å²) in [6, 6.07) is 0. The van der Waals surface area contributed by atoms with Crippen molar-refractivity contribution in [2.75, 3.05) is 13.7 Å². The lowest BCUT2D eigenvalue weighted by Crippen LogP contribution is -2.13. The Morgan fingerprint density at radius 3 is 2.65 bits per heavy atom. The Balaban J connectivity index is 2.00. The van der Waals surface area contributed by atoms with Crippen LogP contribution in [0.2, 0.25) is 0 Å². The highest BCUT2D eigenvalue weighted by molar-refractivity contribution is 4.97. The van der Waals surface area contributed by atoms with Crippen LogP contribution >= 0.6 is 0 Å². The fraction of sp³-hybridized carbons (Fsp3) is 0.846. The molecule has 0 radical (unpaired) electrons. The number of ether oxygens (including phenoxy) is 1. The minimum atomic E-state index is 0.606. The van der Waals surface area contributed by atoms with Crippen molar-refractivity contribution in [2.45, 2.75) is 57.4 Å². The number of hydrogen-bond donors (Lipinski definition) is 0. The molecule has 17 heavy (non-hydrogen) atoms. The van der Waals surface area contributed by atoms with Crippen LogP contribution < -0.4 is 0 Å². The second-order valence-electron chi connectivity index (χ2n) is 4.92. The molecule has 0 amide bonds. The molecule has 0 spiro atoms. The average molecular weight is 237 g/mol. The summed E-state index contributed by atoms with van der Waals surface area (Å²) in [5.41, 5.74) is 0. The van der Waals surface area contributed by atoms with Crippen LogP contribution in [0.15, 0.2) is 6.33 Å². The zero-order valence-corrected chi connectivity index (χ0v) is 10.8. The van der Waals surface area contributed by atoms with E-state index in [1.165, 1.54) is 50.8 Å². The summed E-state index contributed by atoms with van der Waals surface area (Å²) in [6.07, 6.45) is 11.2. The van der Waals surface area contributed by atoms with E-state index in [0.29, 0.717) is 5.92 Å². The van der Waals surface area contributed by atoms with Gasteiger partial charge in [0.05, 0.1) is 6.61 Å². The van der Waals surface area contributed by atoms with Crippen LogP contribution in [0, 0.1) is 0 Å². The van der Waals surface area contributed by atoms with Crippen molar-refractivity contribution in [3.8, 4) is 0 Å². The summed E-state index contributed by atoms with van der Waals surface area (Å²) in [5.74, 6) is 1.78. The summed E-state index contributed by atoms with van der Waals surface area (Å²) >= 11 is 0. The fourth-order valence-electron chi connectivity index (χ4n) is 2.66. The molecule has 1 aromatic rings. The smallest absolute Gasteiger partial charge is 0.135 e. The van der Waals surface area contributed by atoms with E-state index in [0.717, 1.165) is 13.2 Å². The van der Waals surface area contributed by atoms with Gasteiger partial charge in [-0.1, -0.05) is 32.1 Å². The lowest BCUT2D eigenvalue weighted by molar-refractivity contribution is 0.185. The molecule has 0 unspecified atom stereocenters. The third-order valence-corrected chi connectivity index (χ3v) is 3.65. The predicted octanol–water partition coefficient (Wildman–Crippen LogP) is 2.75. The van der Waals surface area contributed by atoms with E-state index in [4.69, 9.17) is 4.74 Å². The van der Waals surface area contributed by atoms with E-state index in [-0.39, 0.29) is 0 Å². The predicted molar refractivity (Wildman–Crippen MR) is 67.0 cm³/mol. The molecule has 1 saturated carbocycles. The first-order valence-electron chi connectivity index (χ1n) is 6.78. The van der Waals surface area contributed by atoms with Gasteiger partial charge in [0.25, 0.3) is 0 Å². The van der Waals surface area contributed by atoms with Crippen molar-refractivity contribution in [3.63, 3.8) is 0 Å². The first-order valence-corrected chi connectivity index (χ1v) is 6.78. The maximum absolute atomic E-state index is 5.13. The Kier molecular flexibility index (Phi) is 4.98. The van der Waals surface area contributed by atoms with E-state index >= 15 is 0 Å². The van der Waals surface area contributed by atoms with Crippen molar-refractivity contribution in [1.29, 1.82) is 0 Å². The van der Waals surface area contributed by atoms with Crippen molar-refractivity contribution < 1.29 is 4.74 Å². The van der Waals surface area contributed by atoms with Crippen LogP contribution in [-0.4, -0.2) is 28.5 Å². The molecule has 0 bridgehead atoms. The molecule has 1 fully saturated rings. The number of nitrogens with zero attached hydrogens (tertiary/aromatic N) is 3. The Bertz CT molecular complexity index is 316. The maximum atomic E-state index is 5.13. The monoisotopic (exact) mass is 237 g/mol. The molecule has 1 aromatic heterocycles. The van der Waals surface area contributed by atoms with Gasteiger partial charge in [0.1, 0.15) is 12.2 Å². The van der Waals surface area contributed by atoms with Crippen LogP contribution in [0.4, 0.5) is 0 Å². The maximum Gasteiger partial charge on any atom is 0.135 e. The molecule has 0 atom stereocenters. The minimum absolute atomic E-state index is 0.606. The van der Waals surface area contributed by atoms with Gasteiger partial charge in [-0.25, -0.2) is 0 Å². The zero-order chi connectivity index (χ0) is 11.9. The fourth-order valence-corrected chi connectivity index (χ4v) is 2.66. The molecule has 4 heteroatoms. The van der Waals surface area contributed by atoms with Crippen molar-refractivity contribution in [3.05, 3.63) is 12.2 Å². The third kappa shape index (κ3) is 3.53. The molecular formula is C13H23N3O. The highest BCUT2D eigenvalue weighted by Gasteiger charge is 2.18. The van der Waals surface area contributed by atoms with Gasteiger partial charge in [0.15, 0.2) is 0 Å². The van der Waals surface area contributed by atoms with E-state index in [1.54, 1.807) is 7.11 Å². The van der Waals surface area contributed by atoms with Crippen molar-refractivity contribution >= 4 is 0 Å². The number of aromatic nitrogens is 3. The van der Waals surface area contributed by atoms with Gasteiger partial charge in [0, 0.05) is 19.6 Å². The van der Waals surface area contributed by atoms with E-state index in [2.05, 4.69) is 14.8 Å². The third-order valence-electron chi connectivity index (χ3n) is 3.65. The lowest BCUT2D eigenvalue weighted by Gasteiger charge is -2.19. The first kappa shape index (κ1) is 12.6. The van der Waals surface area contributed by atoms with E-state index in [1.807, 2.05) is 6.33 Å². The van der Waals surface area contributed by atoms with Crippen LogP contribution in [0.25, 0.3) is 0 Å². The van der Waals surface area contributed by atoms with Crippen molar-refractivity contribution in [2.24, 2.45) is 0 Å². The van der Waals surface area contributed by atoms with E-state index in [9.17, 15) is 0 Å². The highest BCUT2D eigenvalue weighted by Crippen LogP contribution is 2.29.